The number of pyridine rings is 1. The van der Waals surface area contributed by atoms with Crippen LogP contribution in [-0.4, -0.2) is 45.5 Å². The Kier molecular flexibility index (Phi) is 4.53. The molecule has 0 amide bonds. The fraction of sp³-hybridized carbons (Fsp3) is 0.476. The molecule has 0 spiro atoms. The molecule has 1 atom stereocenters. The van der Waals surface area contributed by atoms with Crippen LogP contribution in [0.2, 0.25) is 0 Å². The molecule has 1 unspecified atom stereocenters. The smallest absolute Gasteiger partial charge is 0.164 e. The van der Waals surface area contributed by atoms with Crippen molar-refractivity contribution in [2.24, 2.45) is 0 Å². The van der Waals surface area contributed by atoms with E-state index in [1.807, 2.05) is 29.7 Å². The van der Waals surface area contributed by atoms with Gasteiger partial charge < -0.3 is 5.32 Å². The maximum absolute atomic E-state index is 4.96. The van der Waals surface area contributed by atoms with Crippen LogP contribution >= 0.6 is 11.3 Å². The number of aryl methyl sites for hydroxylation is 2. The van der Waals surface area contributed by atoms with Crippen LogP contribution in [0, 0.1) is 0 Å². The fourth-order valence-corrected chi connectivity index (χ4v) is 5.77. The van der Waals surface area contributed by atoms with E-state index in [1.54, 1.807) is 6.20 Å². The van der Waals surface area contributed by atoms with Gasteiger partial charge in [0.15, 0.2) is 5.82 Å². The summed E-state index contributed by atoms with van der Waals surface area (Å²) < 4.78 is 0. The molecule has 0 aromatic carbocycles. The van der Waals surface area contributed by atoms with Crippen LogP contribution in [0.25, 0.3) is 21.6 Å². The van der Waals surface area contributed by atoms with Gasteiger partial charge in [0.05, 0.1) is 5.39 Å². The zero-order chi connectivity index (χ0) is 18.2. The Bertz CT molecular complexity index is 952. The van der Waals surface area contributed by atoms with Crippen molar-refractivity contribution in [3.63, 3.8) is 0 Å². The number of fused-ring (bicyclic) bond motifs is 3. The van der Waals surface area contributed by atoms with Crippen molar-refractivity contribution in [1.29, 1.82) is 0 Å². The van der Waals surface area contributed by atoms with E-state index < -0.39 is 0 Å². The topological polar surface area (TPSA) is 53.9 Å². The average Bonchev–Trinajstić information content (AvgIpc) is 3.41. The number of hydrogen-bond acceptors (Lipinski definition) is 6. The van der Waals surface area contributed by atoms with Crippen molar-refractivity contribution in [3.05, 3.63) is 35.0 Å². The van der Waals surface area contributed by atoms with Crippen molar-refractivity contribution in [1.82, 2.24) is 19.9 Å². The van der Waals surface area contributed by atoms with Gasteiger partial charge in [-0.25, -0.2) is 9.97 Å². The van der Waals surface area contributed by atoms with Crippen molar-refractivity contribution in [2.45, 2.75) is 45.1 Å². The highest BCUT2D eigenvalue weighted by molar-refractivity contribution is 7.19. The molecular formula is C21H25N5S. The minimum Gasteiger partial charge on any atom is -0.368 e. The second-order valence-corrected chi connectivity index (χ2v) is 8.56. The molecule has 4 heterocycles. The van der Waals surface area contributed by atoms with Crippen molar-refractivity contribution >= 4 is 27.4 Å². The summed E-state index contributed by atoms with van der Waals surface area (Å²) in [6, 6.07) is 4.59. The molecule has 1 aliphatic carbocycles. The van der Waals surface area contributed by atoms with E-state index in [0.29, 0.717) is 6.04 Å². The molecule has 0 bridgehead atoms. The molecule has 5 nitrogen and oxygen atoms in total. The summed E-state index contributed by atoms with van der Waals surface area (Å²) in [7, 11) is 0. The van der Waals surface area contributed by atoms with E-state index in [-0.39, 0.29) is 0 Å². The lowest BCUT2D eigenvalue weighted by Gasteiger charge is -2.23. The van der Waals surface area contributed by atoms with E-state index in [2.05, 4.69) is 22.1 Å². The zero-order valence-electron chi connectivity index (χ0n) is 15.7. The summed E-state index contributed by atoms with van der Waals surface area (Å²) >= 11 is 1.85. The van der Waals surface area contributed by atoms with Gasteiger partial charge in [0, 0.05) is 35.4 Å². The Labute approximate surface area is 163 Å². The number of rotatable bonds is 5. The van der Waals surface area contributed by atoms with Crippen LogP contribution in [0.4, 0.5) is 5.82 Å². The number of nitrogens with one attached hydrogen (secondary N) is 1. The van der Waals surface area contributed by atoms with Crippen molar-refractivity contribution < 1.29 is 0 Å². The minimum atomic E-state index is 0.605. The van der Waals surface area contributed by atoms with Gasteiger partial charge in [-0.3, -0.25) is 9.88 Å². The third-order valence-corrected chi connectivity index (χ3v) is 7.08. The normalized spacial score (nSPS) is 19.7. The molecule has 140 valence electrons. The van der Waals surface area contributed by atoms with Gasteiger partial charge in [-0.05, 0) is 62.9 Å². The van der Waals surface area contributed by atoms with Gasteiger partial charge in [-0.1, -0.05) is 6.92 Å². The monoisotopic (exact) mass is 379 g/mol. The summed E-state index contributed by atoms with van der Waals surface area (Å²) in [5.41, 5.74) is 2.46. The predicted octanol–water partition coefficient (Wildman–Crippen LogP) is 4.14. The lowest BCUT2D eigenvalue weighted by molar-refractivity contribution is 0.277. The molecule has 1 aliphatic heterocycles. The molecule has 27 heavy (non-hydrogen) atoms. The Balaban J connectivity index is 1.54. The summed E-state index contributed by atoms with van der Waals surface area (Å²) in [6.45, 7) is 5.56. The largest absolute Gasteiger partial charge is 0.368 e. The quantitative estimate of drug-likeness (QED) is 0.722. The SMILES string of the molecule is CCN1CCCC1CNc1nc(-c2cccnc2)nc2sc3c(c12)CCC3. The summed E-state index contributed by atoms with van der Waals surface area (Å²) in [5.74, 6) is 1.79. The highest BCUT2D eigenvalue weighted by Gasteiger charge is 2.25. The molecule has 1 saturated heterocycles. The Hall–Kier alpha value is -2.05. The fourth-order valence-electron chi connectivity index (χ4n) is 4.50. The lowest BCUT2D eigenvalue weighted by atomic mass is 10.1. The standard InChI is InChI=1S/C21H25N5S/c1-2-26-11-5-7-15(26)13-23-20-18-16-8-3-9-17(16)27-21(18)25-19(24-20)14-6-4-10-22-12-14/h4,6,10,12,15H,2-3,5,7-9,11,13H2,1H3,(H,23,24,25). The Morgan fingerprint density at radius 2 is 2.22 bits per heavy atom. The second kappa shape index (κ2) is 7.17. The van der Waals surface area contributed by atoms with Crippen LogP contribution in [0.3, 0.4) is 0 Å². The first-order valence-corrected chi connectivity index (χ1v) is 10.9. The number of nitrogens with zero attached hydrogens (tertiary/aromatic N) is 4. The molecule has 2 aliphatic rings. The number of aromatic nitrogens is 3. The van der Waals surface area contributed by atoms with Gasteiger partial charge in [-0.15, -0.1) is 11.3 Å². The van der Waals surface area contributed by atoms with Crippen LogP contribution in [0.5, 0.6) is 0 Å². The highest BCUT2D eigenvalue weighted by atomic mass is 32.1. The van der Waals surface area contributed by atoms with E-state index in [0.717, 1.165) is 41.5 Å². The van der Waals surface area contributed by atoms with Crippen molar-refractivity contribution in [2.75, 3.05) is 25.0 Å². The average molecular weight is 380 g/mol. The zero-order valence-corrected chi connectivity index (χ0v) is 16.6. The van der Waals surface area contributed by atoms with Crippen LogP contribution in [0.1, 0.15) is 36.6 Å². The number of likely N-dealkylation sites (N-methyl/N-ethyl adjacent to an activating group) is 1. The maximum Gasteiger partial charge on any atom is 0.164 e. The minimum absolute atomic E-state index is 0.605. The third kappa shape index (κ3) is 3.11. The molecular weight excluding hydrogens is 354 g/mol. The van der Waals surface area contributed by atoms with E-state index in [9.17, 15) is 0 Å². The van der Waals surface area contributed by atoms with Crippen LogP contribution < -0.4 is 5.32 Å². The molecule has 3 aromatic heterocycles. The van der Waals surface area contributed by atoms with Crippen LogP contribution in [0.15, 0.2) is 24.5 Å². The molecule has 1 N–H and O–H groups in total. The number of anilines is 1. The Morgan fingerprint density at radius 3 is 3.07 bits per heavy atom. The first kappa shape index (κ1) is 17.1. The first-order valence-electron chi connectivity index (χ1n) is 10.0. The maximum atomic E-state index is 4.96. The predicted molar refractivity (Wildman–Crippen MR) is 111 cm³/mol. The second-order valence-electron chi connectivity index (χ2n) is 7.48. The summed E-state index contributed by atoms with van der Waals surface area (Å²) in [5, 5.41) is 4.98. The van der Waals surface area contributed by atoms with Gasteiger partial charge in [0.25, 0.3) is 0 Å². The Morgan fingerprint density at radius 1 is 1.26 bits per heavy atom. The van der Waals surface area contributed by atoms with Gasteiger partial charge in [0.2, 0.25) is 0 Å². The summed E-state index contributed by atoms with van der Waals surface area (Å²) in [4.78, 5) is 19.3. The third-order valence-electron chi connectivity index (χ3n) is 5.89. The van der Waals surface area contributed by atoms with E-state index in [4.69, 9.17) is 9.97 Å². The van der Waals surface area contributed by atoms with E-state index >= 15 is 0 Å². The van der Waals surface area contributed by atoms with E-state index in [1.165, 1.54) is 48.1 Å². The number of hydrogen-bond donors (Lipinski definition) is 1. The summed E-state index contributed by atoms with van der Waals surface area (Å²) in [6.07, 6.45) is 9.81. The van der Waals surface area contributed by atoms with Gasteiger partial charge >= 0.3 is 0 Å². The van der Waals surface area contributed by atoms with Gasteiger partial charge in [0.1, 0.15) is 10.6 Å². The number of likely N-dealkylation sites (tertiary alicyclic amines) is 1. The van der Waals surface area contributed by atoms with Gasteiger partial charge in [-0.2, -0.15) is 0 Å². The molecule has 6 heteroatoms. The molecule has 1 fully saturated rings. The number of thiophene rings is 1. The molecule has 0 saturated carbocycles. The lowest BCUT2D eigenvalue weighted by Crippen LogP contribution is -2.34. The molecule has 0 radical (unpaired) electrons. The first-order chi connectivity index (χ1) is 13.3. The molecule has 5 rings (SSSR count). The van der Waals surface area contributed by atoms with Crippen molar-refractivity contribution in [3.8, 4) is 11.4 Å². The van der Waals surface area contributed by atoms with Crippen LogP contribution in [-0.2, 0) is 12.8 Å². The molecule has 3 aromatic rings. The highest BCUT2D eigenvalue weighted by Crippen LogP contribution is 2.40.